The molecule has 0 spiro atoms. The molecule has 2 amide bonds. The van der Waals surface area contributed by atoms with Gasteiger partial charge in [-0.3, -0.25) is 9.59 Å². The van der Waals surface area contributed by atoms with Crippen LogP contribution in [-0.4, -0.2) is 18.4 Å². The van der Waals surface area contributed by atoms with Crippen LogP contribution in [0.15, 0.2) is 72.8 Å². The highest BCUT2D eigenvalue weighted by Gasteiger charge is 2.01. The molecule has 0 aliphatic carbocycles. The van der Waals surface area contributed by atoms with Gasteiger partial charge in [0.25, 0.3) is 0 Å². The molecule has 0 heterocycles. The van der Waals surface area contributed by atoms with Crippen LogP contribution in [0.25, 0.3) is 0 Å². The monoisotopic (exact) mass is 364 g/mol. The Morgan fingerprint density at radius 1 is 0.778 bits per heavy atom. The van der Waals surface area contributed by atoms with Crippen LogP contribution in [0.2, 0.25) is 0 Å². The Hall–Kier alpha value is -2.88. The smallest absolute Gasteiger partial charge is 0.224 e. The van der Waals surface area contributed by atoms with Gasteiger partial charge < -0.3 is 10.6 Å². The van der Waals surface area contributed by atoms with E-state index < -0.39 is 0 Å². The molecule has 0 saturated carbocycles. The number of amides is 2. The van der Waals surface area contributed by atoms with Crippen LogP contribution in [0.5, 0.6) is 0 Å². The summed E-state index contributed by atoms with van der Waals surface area (Å²) in [6.07, 6.45) is 8.30. The Morgan fingerprint density at radius 2 is 1.44 bits per heavy atom. The molecule has 0 unspecified atom stereocenters. The molecule has 27 heavy (non-hydrogen) atoms. The second-order valence-corrected chi connectivity index (χ2v) is 6.40. The Kier molecular flexibility index (Phi) is 9.44. The fourth-order valence-electron chi connectivity index (χ4n) is 2.65. The van der Waals surface area contributed by atoms with E-state index in [1.165, 1.54) is 5.56 Å². The van der Waals surface area contributed by atoms with Crippen molar-refractivity contribution in [1.29, 1.82) is 0 Å². The average molecular weight is 364 g/mol. The number of carbonyl (C=O) groups is 2. The lowest BCUT2D eigenvalue weighted by molar-refractivity contribution is -0.121. The number of anilines is 1. The number of carbonyl (C=O) groups excluding carboxylic acids is 2. The first kappa shape index (κ1) is 20.4. The minimum Gasteiger partial charge on any atom is -0.356 e. The van der Waals surface area contributed by atoms with Crippen molar-refractivity contribution in [2.75, 3.05) is 11.9 Å². The van der Waals surface area contributed by atoms with Crippen LogP contribution in [0.1, 0.15) is 37.7 Å². The van der Waals surface area contributed by atoms with Crippen molar-refractivity contribution in [1.82, 2.24) is 5.32 Å². The van der Waals surface area contributed by atoms with Crippen molar-refractivity contribution in [2.45, 2.75) is 38.5 Å². The maximum Gasteiger partial charge on any atom is 0.224 e. The summed E-state index contributed by atoms with van der Waals surface area (Å²) in [5, 5.41) is 5.82. The third-order valence-corrected chi connectivity index (χ3v) is 4.12. The molecule has 0 bridgehead atoms. The molecular formula is C23H28N2O2. The molecule has 0 aliphatic heterocycles. The van der Waals surface area contributed by atoms with E-state index in [2.05, 4.69) is 22.8 Å². The number of nitrogens with one attached hydrogen (secondary N) is 2. The molecule has 4 heteroatoms. The van der Waals surface area contributed by atoms with Gasteiger partial charge in [0.2, 0.25) is 11.8 Å². The minimum atomic E-state index is 0.0346. The predicted octanol–water partition coefficient (Wildman–Crippen LogP) is 4.49. The summed E-state index contributed by atoms with van der Waals surface area (Å²) in [5.74, 6) is 0.116. The third-order valence-electron chi connectivity index (χ3n) is 4.12. The molecular weight excluding hydrogens is 336 g/mol. The normalized spacial score (nSPS) is 10.7. The maximum absolute atomic E-state index is 11.8. The maximum atomic E-state index is 11.8. The van der Waals surface area contributed by atoms with E-state index in [-0.39, 0.29) is 11.8 Å². The molecule has 2 rings (SSSR count). The number of unbranched alkanes of at least 4 members (excludes halogenated alkanes) is 1. The highest BCUT2D eigenvalue weighted by molar-refractivity contribution is 5.90. The fourth-order valence-corrected chi connectivity index (χ4v) is 2.65. The number of hydrogen-bond acceptors (Lipinski definition) is 2. The summed E-state index contributed by atoms with van der Waals surface area (Å²) < 4.78 is 0. The lowest BCUT2D eigenvalue weighted by Crippen LogP contribution is -2.25. The molecule has 2 aromatic rings. The van der Waals surface area contributed by atoms with Crippen LogP contribution in [0.4, 0.5) is 5.69 Å². The first-order valence-electron chi connectivity index (χ1n) is 9.54. The Labute approximate surface area is 161 Å². The summed E-state index contributed by atoms with van der Waals surface area (Å²) >= 11 is 0. The van der Waals surface area contributed by atoms with E-state index in [0.717, 1.165) is 31.4 Å². The van der Waals surface area contributed by atoms with Gasteiger partial charge in [0, 0.05) is 25.1 Å². The number of para-hydroxylation sites is 1. The predicted molar refractivity (Wildman–Crippen MR) is 110 cm³/mol. The first-order valence-corrected chi connectivity index (χ1v) is 9.54. The zero-order chi connectivity index (χ0) is 19.2. The SMILES string of the molecule is O=C(CC/C=C/CCCC(=O)Nc1ccccc1)NCCc1ccccc1. The van der Waals surface area contributed by atoms with Gasteiger partial charge in [-0.2, -0.15) is 0 Å². The number of rotatable bonds is 11. The van der Waals surface area contributed by atoms with Gasteiger partial charge in [0.15, 0.2) is 0 Å². The molecule has 2 aromatic carbocycles. The quantitative estimate of drug-likeness (QED) is 0.456. The van der Waals surface area contributed by atoms with Crippen molar-refractivity contribution >= 4 is 17.5 Å². The molecule has 142 valence electrons. The van der Waals surface area contributed by atoms with E-state index >= 15 is 0 Å². The van der Waals surface area contributed by atoms with Crippen LogP contribution < -0.4 is 10.6 Å². The number of hydrogen-bond donors (Lipinski definition) is 2. The molecule has 0 atom stereocenters. The Bertz CT molecular complexity index is 712. The zero-order valence-electron chi connectivity index (χ0n) is 15.7. The molecule has 0 aromatic heterocycles. The van der Waals surface area contributed by atoms with Crippen LogP contribution in [0, 0.1) is 0 Å². The van der Waals surface area contributed by atoms with Crippen molar-refractivity contribution in [3.8, 4) is 0 Å². The molecule has 2 N–H and O–H groups in total. The van der Waals surface area contributed by atoms with Crippen molar-refractivity contribution < 1.29 is 9.59 Å². The van der Waals surface area contributed by atoms with E-state index in [0.29, 0.717) is 19.4 Å². The van der Waals surface area contributed by atoms with Gasteiger partial charge in [0.1, 0.15) is 0 Å². The number of allylic oxidation sites excluding steroid dienone is 2. The van der Waals surface area contributed by atoms with Gasteiger partial charge >= 0.3 is 0 Å². The van der Waals surface area contributed by atoms with Gasteiger partial charge in [0.05, 0.1) is 0 Å². The third kappa shape index (κ3) is 9.40. The highest BCUT2D eigenvalue weighted by atomic mass is 16.2. The second kappa shape index (κ2) is 12.5. The van der Waals surface area contributed by atoms with Gasteiger partial charge in [-0.1, -0.05) is 60.7 Å². The van der Waals surface area contributed by atoms with E-state index in [9.17, 15) is 9.59 Å². The van der Waals surface area contributed by atoms with Crippen LogP contribution in [0.3, 0.4) is 0 Å². The average Bonchev–Trinajstić information content (AvgIpc) is 2.69. The number of benzene rings is 2. The van der Waals surface area contributed by atoms with E-state index in [1.807, 2.05) is 60.7 Å². The molecule has 0 fully saturated rings. The molecule has 0 saturated heterocycles. The summed E-state index contributed by atoms with van der Waals surface area (Å²) in [6.45, 7) is 0.670. The van der Waals surface area contributed by atoms with Crippen LogP contribution >= 0.6 is 0 Å². The molecule has 0 radical (unpaired) electrons. The second-order valence-electron chi connectivity index (χ2n) is 6.40. The van der Waals surface area contributed by atoms with Crippen molar-refractivity contribution in [3.05, 3.63) is 78.4 Å². The highest BCUT2D eigenvalue weighted by Crippen LogP contribution is 2.07. The Morgan fingerprint density at radius 3 is 2.19 bits per heavy atom. The standard InChI is InChI=1S/C23H28N2O2/c26-22(24-19-18-20-12-6-4-7-13-20)16-10-2-1-3-11-17-23(27)25-21-14-8-5-9-15-21/h1-2,4-9,12-15H,3,10-11,16-19H2,(H,24,26)(H,25,27)/b2-1+. The topological polar surface area (TPSA) is 58.2 Å². The van der Waals surface area contributed by atoms with Gasteiger partial charge in [-0.25, -0.2) is 0 Å². The lowest BCUT2D eigenvalue weighted by Gasteiger charge is -2.04. The van der Waals surface area contributed by atoms with Crippen LogP contribution in [-0.2, 0) is 16.0 Å². The van der Waals surface area contributed by atoms with Crippen molar-refractivity contribution in [2.24, 2.45) is 0 Å². The minimum absolute atomic E-state index is 0.0346. The van der Waals surface area contributed by atoms with Crippen molar-refractivity contribution in [3.63, 3.8) is 0 Å². The fraction of sp³-hybridized carbons (Fsp3) is 0.304. The summed E-state index contributed by atoms with van der Waals surface area (Å²) in [6, 6.07) is 19.6. The first-order chi connectivity index (χ1) is 13.2. The molecule has 0 aliphatic rings. The summed E-state index contributed by atoms with van der Waals surface area (Å²) in [5.41, 5.74) is 2.06. The zero-order valence-corrected chi connectivity index (χ0v) is 15.7. The largest absolute Gasteiger partial charge is 0.356 e. The van der Waals surface area contributed by atoms with E-state index in [1.54, 1.807) is 0 Å². The summed E-state index contributed by atoms with van der Waals surface area (Å²) in [4.78, 5) is 23.6. The van der Waals surface area contributed by atoms with Gasteiger partial charge in [-0.05, 0) is 43.4 Å². The lowest BCUT2D eigenvalue weighted by atomic mass is 10.1. The van der Waals surface area contributed by atoms with E-state index in [4.69, 9.17) is 0 Å². The molecule has 4 nitrogen and oxygen atoms in total. The summed E-state index contributed by atoms with van der Waals surface area (Å²) in [7, 11) is 0. The Balaban J connectivity index is 1.47. The van der Waals surface area contributed by atoms with Gasteiger partial charge in [-0.15, -0.1) is 0 Å².